The van der Waals surface area contributed by atoms with Gasteiger partial charge in [0.25, 0.3) is 0 Å². The van der Waals surface area contributed by atoms with Crippen LogP contribution < -0.4 is 15.8 Å². The summed E-state index contributed by atoms with van der Waals surface area (Å²) in [6.07, 6.45) is -0.443. The summed E-state index contributed by atoms with van der Waals surface area (Å²) in [6, 6.07) is 16.6. The van der Waals surface area contributed by atoms with Gasteiger partial charge < -0.3 is 10.1 Å². The van der Waals surface area contributed by atoms with Crippen LogP contribution in [0, 0.1) is 0 Å². The Labute approximate surface area is 145 Å². The SMILES string of the molecule is CC(C)OC(=O)C(=O)NN(C(=O)Nc1ccccc1)c1ccccc1. The summed E-state index contributed by atoms with van der Waals surface area (Å²) >= 11 is 0. The van der Waals surface area contributed by atoms with Gasteiger partial charge in [-0.3, -0.25) is 4.79 Å². The molecular formula is C18H19N3O4. The van der Waals surface area contributed by atoms with E-state index in [1.165, 1.54) is 0 Å². The lowest BCUT2D eigenvalue weighted by Gasteiger charge is -2.23. The molecule has 0 atom stereocenters. The summed E-state index contributed by atoms with van der Waals surface area (Å²) in [4.78, 5) is 36.3. The quantitative estimate of drug-likeness (QED) is 0.510. The van der Waals surface area contributed by atoms with Gasteiger partial charge in [-0.25, -0.2) is 20.0 Å². The van der Waals surface area contributed by atoms with E-state index in [0.29, 0.717) is 11.4 Å². The summed E-state index contributed by atoms with van der Waals surface area (Å²) in [5.41, 5.74) is 3.21. The maximum Gasteiger partial charge on any atom is 0.398 e. The van der Waals surface area contributed by atoms with Gasteiger partial charge in [0.2, 0.25) is 0 Å². The van der Waals surface area contributed by atoms with Crippen molar-refractivity contribution in [3.05, 3.63) is 60.7 Å². The van der Waals surface area contributed by atoms with Crippen molar-refractivity contribution >= 4 is 29.3 Å². The van der Waals surface area contributed by atoms with Crippen molar-refractivity contribution in [2.75, 3.05) is 10.3 Å². The van der Waals surface area contributed by atoms with Crippen LogP contribution in [0.3, 0.4) is 0 Å². The lowest BCUT2D eigenvalue weighted by Crippen LogP contribution is -2.51. The monoisotopic (exact) mass is 341 g/mol. The minimum atomic E-state index is -1.07. The first-order chi connectivity index (χ1) is 12.0. The lowest BCUT2D eigenvalue weighted by atomic mass is 10.3. The zero-order valence-electron chi connectivity index (χ0n) is 13.9. The van der Waals surface area contributed by atoms with Crippen molar-refractivity contribution in [3.8, 4) is 0 Å². The number of urea groups is 1. The van der Waals surface area contributed by atoms with Crippen LogP contribution in [-0.2, 0) is 14.3 Å². The van der Waals surface area contributed by atoms with Crippen LogP contribution in [0.5, 0.6) is 0 Å². The first-order valence-electron chi connectivity index (χ1n) is 7.70. The molecule has 0 aliphatic rings. The van der Waals surface area contributed by atoms with Crippen molar-refractivity contribution in [1.82, 2.24) is 5.43 Å². The van der Waals surface area contributed by atoms with Crippen LogP contribution in [-0.4, -0.2) is 24.0 Å². The number of amides is 3. The van der Waals surface area contributed by atoms with E-state index in [1.54, 1.807) is 68.4 Å². The van der Waals surface area contributed by atoms with Gasteiger partial charge in [0.1, 0.15) is 0 Å². The van der Waals surface area contributed by atoms with Gasteiger partial charge in [-0.2, -0.15) is 0 Å². The summed E-state index contributed by atoms with van der Waals surface area (Å²) < 4.78 is 4.84. The Morgan fingerprint density at radius 1 is 0.920 bits per heavy atom. The summed E-state index contributed by atoms with van der Waals surface area (Å²) in [5, 5.41) is 3.60. The second-order valence-electron chi connectivity index (χ2n) is 5.36. The average molecular weight is 341 g/mol. The van der Waals surface area contributed by atoms with E-state index in [2.05, 4.69) is 10.7 Å². The molecular weight excluding hydrogens is 322 g/mol. The largest absolute Gasteiger partial charge is 0.456 e. The summed E-state index contributed by atoms with van der Waals surface area (Å²) in [6.45, 7) is 3.25. The maximum absolute atomic E-state index is 12.5. The Hall–Kier alpha value is -3.35. The number of nitrogens with one attached hydrogen (secondary N) is 2. The molecule has 2 rings (SSSR count). The van der Waals surface area contributed by atoms with Crippen LogP contribution in [0.2, 0.25) is 0 Å². The Morgan fingerprint density at radius 2 is 1.48 bits per heavy atom. The van der Waals surface area contributed by atoms with E-state index < -0.39 is 24.0 Å². The van der Waals surface area contributed by atoms with Gasteiger partial charge in [-0.15, -0.1) is 0 Å². The molecule has 3 amide bonds. The highest BCUT2D eigenvalue weighted by atomic mass is 16.5. The average Bonchev–Trinajstić information content (AvgIpc) is 2.60. The zero-order chi connectivity index (χ0) is 18.2. The molecule has 7 nitrogen and oxygen atoms in total. The molecule has 2 aromatic rings. The van der Waals surface area contributed by atoms with Gasteiger partial charge >= 0.3 is 17.9 Å². The number of ether oxygens (including phenoxy) is 1. The molecule has 0 bridgehead atoms. The molecule has 0 fully saturated rings. The minimum Gasteiger partial charge on any atom is -0.456 e. The van der Waals surface area contributed by atoms with Gasteiger partial charge in [-0.1, -0.05) is 36.4 Å². The van der Waals surface area contributed by atoms with E-state index in [4.69, 9.17) is 4.74 Å². The Balaban J connectivity index is 2.17. The van der Waals surface area contributed by atoms with Crippen molar-refractivity contribution in [1.29, 1.82) is 0 Å². The normalized spacial score (nSPS) is 10.0. The molecule has 7 heteroatoms. The fourth-order valence-electron chi connectivity index (χ4n) is 1.93. The van der Waals surface area contributed by atoms with Crippen LogP contribution >= 0.6 is 0 Å². The third-order valence-corrected chi connectivity index (χ3v) is 2.98. The standard InChI is InChI=1S/C18H19N3O4/c1-13(2)25-17(23)16(22)20-21(15-11-7-4-8-12-15)18(24)19-14-9-5-3-6-10-14/h3-13H,1-2H3,(H,19,24)(H,20,22). The molecule has 130 valence electrons. The van der Waals surface area contributed by atoms with E-state index >= 15 is 0 Å². The Bertz CT molecular complexity index is 733. The molecule has 25 heavy (non-hydrogen) atoms. The van der Waals surface area contributed by atoms with Crippen molar-refractivity contribution < 1.29 is 19.1 Å². The Morgan fingerprint density at radius 3 is 2.04 bits per heavy atom. The third kappa shape index (κ3) is 5.35. The van der Waals surface area contributed by atoms with Gasteiger partial charge in [-0.05, 0) is 38.1 Å². The Kier molecular flexibility index (Phi) is 6.11. The highest BCUT2D eigenvalue weighted by molar-refractivity contribution is 6.33. The number of benzene rings is 2. The summed E-state index contributed by atoms with van der Waals surface area (Å²) in [7, 11) is 0. The number of nitrogens with zero attached hydrogens (tertiary/aromatic N) is 1. The fourth-order valence-corrected chi connectivity index (χ4v) is 1.93. The molecule has 0 aliphatic heterocycles. The predicted octanol–water partition coefficient (Wildman–Crippen LogP) is 2.71. The maximum atomic E-state index is 12.5. The van der Waals surface area contributed by atoms with Crippen LogP contribution in [0.4, 0.5) is 16.2 Å². The van der Waals surface area contributed by atoms with Gasteiger partial charge in [0, 0.05) is 5.69 Å². The smallest absolute Gasteiger partial charge is 0.398 e. The van der Waals surface area contributed by atoms with Gasteiger partial charge in [0.05, 0.1) is 11.8 Å². The first kappa shape index (κ1) is 18.0. The van der Waals surface area contributed by atoms with Crippen LogP contribution in [0.15, 0.2) is 60.7 Å². The molecule has 0 aromatic heterocycles. The minimum absolute atomic E-state index is 0.390. The molecule has 0 aliphatic carbocycles. The van der Waals surface area contributed by atoms with E-state index in [1.807, 2.05) is 6.07 Å². The number of rotatable bonds is 3. The van der Waals surface area contributed by atoms with Crippen molar-refractivity contribution in [2.24, 2.45) is 0 Å². The van der Waals surface area contributed by atoms with Crippen molar-refractivity contribution in [3.63, 3.8) is 0 Å². The van der Waals surface area contributed by atoms with Crippen LogP contribution in [0.25, 0.3) is 0 Å². The van der Waals surface area contributed by atoms with Crippen molar-refractivity contribution in [2.45, 2.75) is 20.0 Å². The van der Waals surface area contributed by atoms with Gasteiger partial charge in [0.15, 0.2) is 0 Å². The topological polar surface area (TPSA) is 87.7 Å². The molecule has 0 heterocycles. The number of hydrogen-bond donors (Lipinski definition) is 2. The lowest BCUT2D eigenvalue weighted by molar-refractivity contribution is -0.157. The number of para-hydroxylation sites is 2. The number of esters is 1. The molecule has 2 N–H and O–H groups in total. The fraction of sp³-hybridized carbons (Fsp3) is 0.167. The second kappa shape index (κ2) is 8.49. The number of hydrazine groups is 1. The number of anilines is 2. The highest BCUT2D eigenvalue weighted by Gasteiger charge is 2.24. The van der Waals surface area contributed by atoms with E-state index in [-0.39, 0.29) is 0 Å². The molecule has 2 aromatic carbocycles. The molecule has 0 saturated heterocycles. The zero-order valence-corrected chi connectivity index (χ0v) is 13.9. The number of carbonyl (C=O) groups is 3. The summed E-state index contributed by atoms with van der Waals surface area (Å²) in [5.74, 6) is -2.11. The molecule has 0 spiro atoms. The van der Waals surface area contributed by atoms with E-state index in [9.17, 15) is 14.4 Å². The predicted molar refractivity (Wildman–Crippen MR) is 93.8 cm³/mol. The molecule has 0 radical (unpaired) electrons. The first-order valence-corrected chi connectivity index (χ1v) is 7.70. The second-order valence-corrected chi connectivity index (χ2v) is 5.36. The molecule has 0 unspecified atom stereocenters. The number of hydrogen-bond acceptors (Lipinski definition) is 4. The van der Waals surface area contributed by atoms with E-state index in [0.717, 1.165) is 5.01 Å². The van der Waals surface area contributed by atoms with Crippen LogP contribution in [0.1, 0.15) is 13.8 Å². The highest BCUT2D eigenvalue weighted by Crippen LogP contribution is 2.14. The molecule has 0 saturated carbocycles. The third-order valence-electron chi connectivity index (χ3n) is 2.98. The number of carbonyl (C=O) groups excluding carboxylic acids is 3.